The quantitative estimate of drug-likeness (QED) is 0.500. The summed E-state index contributed by atoms with van der Waals surface area (Å²) in [6.07, 6.45) is 6.91. The minimum atomic E-state index is -0.636. The van der Waals surface area contributed by atoms with Gasteiger partial charge in [-0.15, -0.1) is 0 Å². The van der Waals surface area contributed by atoms with Gasteiger partial charge >= 0.3 is 17.9 Å². The lowest BCUT2D eigenvalue weighted by Crippen LogP contribution is -2.19. The lowest BCUT2D eigenvalue weighted by atomic mass is 10.0. The second-order valence-electron chi connectivity index (χ2n) is 7.48. The Morgan fingerprint density at radius 3 is 2.42 bits per heavy atom. The van der Waals surface area contributed by atoms with Crippen LogP contribution in [-0.2, 0) is 19.1 Å². The molecule has 0 saturated carbocycles. The number of hydrogen-bond acceptors (Lipinski definition) is 7. The summed E-state index contributed by atoms with van der Waals surface area (Å²) in [6, 6.07) is 2.91. The van der Waals surface area contributed by atoms with Crippen molar-refractivity contribution < 1.29 is 33.4 Å². The molecule has 31 heavy (non-hydrogen) atoms. The molecule has 0 aromatic heterocycles. The lowest BCUT2D eigenvalue weighted by Gasteiger charge is -2.18. The Morgan fingerprint density at radius 1 is 1.03 bits per heavy atom. The zero-order valence-corrected chi connectivity index (χ0v) is 18.4. The van der Waals surface area contributed by atoms with Crippen LogP contribution in [0.1, 0.15) is 88.1 Å². The van der Waals surface area contributed by atoms with Gasteiger partial charge in [-0.05, 0) is 44.2 Å². The molecule has 7 heteroatoms. The molecule has 0 bridgehead atoms. The number of hydrogen-bond donors (Lipinski definition) is 0. The molecular weight excluding hydrogens is 400 g/mol. The largest absolute Gasteiger partial charge is 0.459 e. The lowest BCUT2D eigenvalue weighted by molar-refractivity contribution is -0.134. The molecule has 1 atom stereocenters. The van der Waals surface area contributed by atoms with Crippen molar-refractivity contribution in [2.24, 2.45) is 0 Å². The van der Waals surface area contributed by atoms with Crippen molar-refractivity contribution in [3.8, 4) is 11.5 Å². The number of Topliss-reactive ketones (excluding diaryl/α,β-unsaturated/α-hetero) is 1. The van der Waals surface area contributed by atoms with Crippen molar-refractivity contribution in [2.75, 3.05) is 0 Å². The number of fused-ring (bicyclic) bond motifs is 1. The fourth-order valence-corrected chi connectivity index (χ4v) is 3.14. The zero-order valence-electron chi connectivity index (χ0n) is 18.4. The average molecular weight is 430 g/mol. The Bertz CT molecular complexity index is 854. The number of ether oxygens (including phenoxy) is 3. The minimum absolute atomic E-state index is 0.00706. The topological polar surface area (TPSA) is 96.0 Å². The van der Waals surface area contributed by atoms with E-state index < -0.39 is 24.0 Å². The number of cyclic esters (lactones) is 1. The summed E-state index contributed by atoms with van der Waals surface area (Å²) in [5, 5.41) is 0. The molecule has 0 N–H and O–H groups in total. The van der Waals surface area contributed by atoms with E-state index in [1.165, 1.54) is 6.07 Å². The summed E-state index contributed by atoms with van der Waals surface area (Å²) < 4.78 is 16.3. The van der Waals surface area contributed by atoms with Gasteiger partial charge in [0.1, 0.15) is 22.8 Å². The van der Waals surface area contributed by atoms with E-state index in [4.69, 9.17) is 14.2 Å². The third-order valence-electron chi connectivity index (χ3n) is 4.84. The van der Waals surface area contributed by atoms with E-state index in [1.807, 2.05) is 6.08 Å². The number of carbonyl (C=O) groups is 4. The van der Waals surface area contributed by atoms with Crippen LogP contribution in [0.15, 0.2) is 18.2 Å². The van der Waals surface area contributed by atoms with Gasteiger partial charge in [0.15, 0.2) is 0 Å². The molecule has 1 aromatic carbocycles. The number of benzene rings is 1. The van der Waals surface area contributed by atoms with E-state index in [-0.39, 0.29) is 35.7 Å². The first kappa shape index (κ1) is 24.3. The summed E-state index contributed by atoms with van der Waals surface area (Å²) in [7, 11) is 0. The highest BCUT2D eigenvalue weighted by Crippen LogP contribution is 2.32. The second kappa shape index (κ2) is 12.0. The van der Waals surface area contributed by atoms with Crippen molar-refractivity contribution >= 4 is 29.8 Å². The van der Waals surface area contributed by atoms with Gasteiger partial charge in [-0.1, -0.05) is 26.0 Å². The normalized spacial score (nSPS) is 18.9. The van der Waals surface area contributed by atoms with Crippen molar-refractivity contribution in [1.29, 1.82) is 0 Å². The standard InChI is InChI=1S/C24H30O7/c1-4-21(26)30-19-14-17-11-7-6-8-12-18(25)13-9-10-16(3)29-24(28)23(17)20(15-19)31-22(27)5-2/h7,11,14-16H,4-6,8-10,12-13H2,1-3H3/b11-7+/t16-/m0/s1. The first-order valence-electron chi connectivity index (χ1n) is 10.8. The first-order valence-corrected chi connectivity index (χ1v) is 10.8. The van der Waals surface area contributed by atoms with Crippen molar-refractivity contribution in [1.82, 2.24) is 0 Å². The van der Waals surface area contributed by atoms with Gasteiger partial charge < -0.3 is 14.2 Å². The zero-order chi connectivity index (χ0) is 22.8. The van der Waals surface area contributed by atoms with Crippen LogP contribution < -0.4 is 9.47 Å². The van der Waals surface area contributed by atoms with E-state index in [2.05, 4.69) is 0 Å². The number of allylic oxidation sites excluding steroid dienone is 1. The number of esters is 3. The molecule has 0 unspecified atom stereocenters. The minimum Gasteiger partial charge on any atom is -0.459 e. The summed E-state index contributed by atoms with van der Waals surface area (Å²) in [4.78, 5) is 48.7. The molecular formula is C24H30O7. The van der Waals surface area contributed by atoms with Gasteiger partial charge in [0.2, 0.25) is 0 Å². The van der Waals surface area contributed by atoms with Crippen LogP contribution in [0.4, 0.5) is 0 Å². The SMILES string of the molecule is CCC(=O)Oc1cc2c(c(OC(=O)CC)c1)C(=O)O[C@@H](C)CCCC(=O)CCC/C=C/2. The summed E-state index contributed by atoms with van der Waals surface area (Å²) in [5.74, 6) is -1.25. The van der Waals surface area contributed by atoms with E-state index in [1.54, 1.807) is 32.9 Å². The Labute approximate surface area is 182 Å². The first-order chi connectivity index (χ1) is 14.8. The van der Waals surface area contributed by atoms with Gasteiger partial charge in [-0.25, -0.2) is 4.79 Å². The highest BCUT2D eigenvalue weighted by molar-refractivity contribution is 5.98. The van der Waals surface area contributed by atoms with Gasteiger partial charge in [-0.3, -0.25) is 14.4 Å². The highest BCUT2D eigenvalue weighted by Gasteiger charge is 2.24. The molecule has 1 aliphatic rings. The molecule has 1 aliphatic heterocycles. The molecule has 168 valence electrons. The third kappa shape index (κ3) is 7.66. The van der Waals surface area contributed by atoms with Crippen LogP contribution in [0.25, 0.3) is 6.08 Å². The predicted molar refractivity (Wildman–Crippen MR) is 115 cm³/mol. The number of rotatable bonds is 4. The Kier molecular flexibility index (Phi) is 9.43. The maximum absolute atomic E-state index is 13.0. The molecule has 0 fully saturated rings. The van der Waals surface area contributed by atoms with Crippen LogP contribution in [0.2, 0.25) is 0 Å². The maximum atomic E-state index is 13.0. The van der Waals surface area contributed by atoms with Crippen LogP contribution in [0, 0.1) is 0 Å². The van der Waals surface area contributed by atoms with Gasteiger partial charge in [0.05, 0.1) is 6.10 Å². The summed E-state index contributed by atoms with van der Waals surface area (Å²) in [5.41, 5.74) is 0.523. The smallest absolute Gasteiger partial charge is 0.342 e. The van der Waals surface area contributed by atoms with E-state index in [9.17, 15) is 19.2 Å². The van der Waals surface area contributed by atoms with Crippen LogP contribution in [0.3, 0.4) is 0 Å². The fourth-order valence-electron chi connectivity index (χ4n) is 3.14. The monoisotopic (exact) mass is 430 g/mol. The molecule has 0 spiro atoms. The van der Waals surface area contributed by atoms with Crippen molar-refractivity contribution in [2.45, 2.75) is 78.2 Å². The third-order valence-corrected chi connectivity index (χ3v) is 4.84. The number of ketones is 1. The summed E-state index contributed by atoms with van der Waals surface area (Å²) >= 11 is 0. The molecule has 0 radical (unpaired) electrons. The van der Waals surface area contributed by atoms with Crippen LogP contribution in [0.5, 0.6) is 11.5 Å². The molecule has 2 rings (SSSR count). The predicted octanol–water partition coefficient (Wildman–Crippen LogP) is 4.80. The van der Waals surface area contributed by atoms with E-state index in [0.717, 1.165) is 0 Å². The van der Waals surface area contributed by atoms with Crippen molar-refractivity contribution in [3.63, 3.8) is 0 Å². The highest BCUT2D eigenvalue weighted by atomic mass is 16.6. The van der Waals surface area contributed by atoms with Gasteiger partial charge in [0, 0.05) is 31.7 Å². The van der Waals surface area contributed by atoms with E-state index >= 15 is 0 Å². The Balaban J connectivity index is 2.52. The molecule has 0 aliphatic carbocycles. The fraction of sp³-hybridized carbons (Fsp3) is 0.500. The van der Waals surface area contributed by atoms with Crippen LogP contribution in [-0.4, -0.2) is 29.8 Å². The Hall–Kier alpha value is -2.96. The van der Waals surface area contributed by atoms with Crippen molar-refractivity contribution in [3.05, 3.63) is 29.3 Å². The second-order valence-corrected chi connectivity index (χ2v) is 7.48. The van der Waals surface area contributed by atoms with Crippen LogP contribution >= 0.6 is 0 Å². The summed E-state index contributed by atoms with van der Waals surface area (Å²) in [6.45, 7) is 5.07. The van der Waals surface area contributed by atoms with Gasteiger partial charge in [0.25, 0.3) is 0 Å². The van der Waals surface area contributed by atoms with E-state index in [0.29, 0.717) is 44.1 Å². The maximum Gasteiger partial charge on any atom is 0.342 e. The average Bonchev–Trinajstić information content (AvgIpc) is 2.72. The molecule has 0 saturated heterocycles. The van der Waals surface area contributed by atoms with Gasteiger partial charge in [-0.2, -0.15) is 0 Å². The Morgan fingerprint density at radius 2 is 1.71 bits per heavy atom. The molecule has 0 amide bonds. The molecule has 1 aromatic rings. The molecule has 1 heterocycles. The molecule has 7 nitrogen and oxygen atoms in total. The number of carbonyl (C=O) groups excluding carboxylic acids is 4.